The van der Waals surface area contributed by atoms with Gasteiger partial charge in [0.25, 0.3) is 0 Å². The number of rotatable bonds is 7. The number of benzene rings is 1. The molecule has 2 rings (SSSR count). The maximum atomic E-state index is 6.05. The molecule has 1 aromatic rings. The Morgan fingerprint density at radius 2 is 2.06 bits per heavy atom. The largest absolute Gasteiger partial charge is 0.376 e. The van der Waals surface area contributed by atoms with Crippen molar-refractivity contribution < 1.29 is 4.74 Å². The van der Waals surface area contributed by atoms with E-state index in [9.17, 15) is 0 Å². The molecular formula is C16H25NO. The number of ether oxygens (including phenoxy) is 1. The summed E-state index contributed by atoms with van der Waals surface area (Å²) >= 11 is 0. The van der Waals surface area contributed by atoms with Gasteiger partial charge < -0.3 is 10.1 Å². The zero-order valence-electron chi connectivity index (χ0n) is 11.4. The van der Waals surface area contributed by atoms with Gasteiger partial charge >= 0.3 is 0 Å². The lowest BCUT2D eigenvalue weighted by molar-refractivity contribution is 0.0420. The molecule has 1 N–H and O–H groups in total. The fraction of sp³-hybridized carbons (Fsp3) is 0.625. The Bertz CT molecular complexity index is 325. The van der Waals surface area contributed by atoms with E-state index in [1.165, 1.54) is 31.2 Å². The zero-order valence-corrected chi connectivity index (χ0v) is 11.4. The van der Waals surface area contributed by atoms with Gasteiger partial charge in [-0.15, -0.1) is 0 Å². The second kappa shape index (κ2) is 7.55. The van der Waals surface area contributed by atoms with Crippen molar-refractivity contribution in [3.05, 3.63) is 35.9 Å². The first-order valence-electron chi connectivity index (χ1n) is 7.29. The molecule has 2 atom stereocenters. The Kier molecular flexibility index (Phi) is 5.69. The Morgan fingerprint density at radius 1 is 1.22 bits per heavy atom. The molecule has 0 bridgehead atoms. The van der Waals surface area contributed by atoms with Crippen molar-refractivity contribution in [3.63, 3.8) is 0 Å². The zero-order chi connectivity index (χ0) is 12.6. The van der Waals surface area contributed by atoms with Crippen LogP contribution in [0.1, 0.15) is 38.2 Å². The van der Waals surface area contributed by atoms with Gasteiger partial charge in [0, 0.05) is 6.04 Å². The second-order valence-corrected chi connectivity index (χ2v) is 5.14. The van der Waals surface area contributed by atoms with Gasteiger partial charge in [0.2, 0.25) is 0 Å². The molecule has 2 nitrogen and oxygen atoms in total. The fourth-order valence-corrected chi connectivity index (χ4v) is 2.66. The summed E-state index contributed by atoms with van der Waals surface area (Å²) in [5.41, 5.74) is 1.37. The predicted octanol–water partition coefficient (Wildman–Crippen LogP) is 3.17. The van der Waals surface area contributed by atoms with Crippen molar-refractivity contribution in [3.8, 4) is 0 Å². The average molecular weight is 247 g/mol. The first-order valence-corrected chi connectivity index (χ1v) is 7.29. The van der Waals surface area contributed by atoms with Gasteiger partial charge in [-0.2, -0.15) is 0 Å². The van der Waals surface area contributed by atoms with E-state index >= 15 is 0 Å². The maximum Gasteiger partial charge on any atom is 0.0728 e. The standard InChI is InChI=1S/C16H25NO/c1-2-12-17-15-9-6-10-16(15)18-13-11-14-7-4-3-5-8-14/h3-5,7-8,15-17H,2,6,9-13H2,1H3. The molecule has 1 saturated carbocycles. The lowest BCUT2D eigenvalue weighted by Crippen LogP contribution is -2.38. The summed E-state index contributed by atoms with van der Waals surface area (Å²) in [6, 6.07) is 11.2. The molecule has 0 radical (unpaired) electrons. The Hall–Kier alpha value is -0.860. The van der Waals surface area contributed by atoms with Crippen LogP contribution in [0.5, 0.6) is 0 Å². The number of nitrogens with one attached hydrogen (secondary N) is 1. The van der Waals surface area contributed by atoms with Crippen LogP contribution in [0.15, 0.2) is 30.3 Å². The van der Waals surface area contributed by atoms with Crippen LogP contribution in [-0.2, 0) is 11.2 Å². The molecule has 1 aliphatic rings. The molecule has 100 valence electrons. The van der Waals surface area contributed by atoms with Crippen molar-refractivity contribution in [2.75, 3.05) is 13.2 Å². The Morgan fingerprint density at radius 3 is 2.83 bits per heavy atom. The monoisotopic (exact) mass is 247 g/mol. The molecular weight excluding hydrogens is 222 g/mol. The summed E-state index contributed by atoms with van der Waals surface area (Å²) in [5, 5.41) is 3.61. The third-order valence-electron chi connectivity index (χ3n) is 3.67. The molecule has 0 amide bonds. The number of hydrogen-bond acceptors (Lipinski definition) is 2. The normalized spacial score (nSPS) is 23.4. The van der Waals surface area contributed by atoms with E-state index in [0.29, 0.717) is 12.1 Å². The smallest absolute Gasteiger partial charge is 0.0728 e. The minimum absolute atomic E-state index is 0.431. The highest BCUT2D eigenvalue weighted by molar-refractivity contribution is 5.14. The van der Waals surface area contributed by atoms with Crippen LogP contribution in [0.4, 0.5) is 0 Å². The molecule has 0 aromatic heterocycles. The maximum absolute atomic E-state index is 6.05. The lowest BCUT2D eigenvalue weighted by atomic mass is 10.1. The minimum atomic E-state index is 0.431. The van der Waals surface area contributed by atoms with Crippen molar-refractivity contribution in [2.24, 2.45) is 0 Å². The lowest BCUT2D eigenvalue weighted by Gasteiger charge is -2.21. The molecule has 0 heterocycles. The molecule has 2 heteroatoms. The van der Waals surface area contributed by atoms with Crippen LogP contribution in [-0.4, -0.2) is 25.3 Å². The molecule has 0 saturated heterocycles. The van der Waals surface area contributed by atoms with E-state index in [1.807, 2.05) is 0 Å². The second-order valence-electron chi connectivity index (χ2n) is 5.14. The van der Waals surface area contributed by atoms with Gasteiger partial charge in [0.1, 0.15) is 0 Å². The van der Waals surface area contributed by atoms with Gasteiger partial charge in [-0.25, -0.2) is 0 Å². The first-order chi connectivity index (χ1) is 8.90. The van der Waals surface area contributed by atoms with Crippen LogP contribution in [0.25, 0.3) is 0 Å². The fourth-order valence-electron chi connectivity index (χ4n) is 2.66. The van der Waals surface area contributed by atoms with Crippen molar-refractivity contribution >= 4 is 0 Å². The number of hydrogen-bond donors (Lipinski definition) is 1. The minimum Gasteiger partial charge on any atom is -0.376 e. The molecule has 2 unspecified atom stereocenters. The highest BCUT2D eigenvalue weighted by atomic mass is 16.5. The van der Waals surface area contributed by atoms with Crippen LogP contribution >= 0.6 is 0 Å². The van der Waals surface area contributed by atoms with E-state index in [2.05, 4.69) is 42.6 Å². The van der Waals surface area contributed by atoms with Gasteiger partial charge in [0.15, 0.2) is 0 Å². The Labute approximate surface area is 111 Å². The highest BCUT2D eigenvalue weighted by Crippen LogP contribution is 2.22. The molecule has 1 aromatic carbocycles. The quantitative estimate of drug-likeness (QED) is 0.799. The highest BCUT2D eigenvalue weighted by Gasteiger charge is 2.26. The SMILES string of the molecule is CCCNC1CCCC1OCCc1ccccc1. The predicted molar refractivity (Wildman–Crippen MR) is 75.8 cm³/mol. The van der Waals surface area contributed by atoms with Crippen molar-refractivity contribution in [1.82, 2.24) is 5.32 Å². The molecule has 1 aliphatic carbocycles. The van der Waals surface area contributed by atoms with Crippen LogP contribution in [0, 0.1) is 0 Å². The summed E-state index contributed by atoms with van der Waals surface area (Å²) in [7, 11) is 0. The third kappa shape index (κ3) is 4.11. The van der Waals surface area contributed by atoms with Gasteiger partial charge in [-0.3, -0.25) is 0 Å². The van der Waals surface area contributed by atoms with Crippen LogP contribution in [0.3, 0.4) is 0 Å². The average Bonchev–Trinajstić information content (AvgIpc) is 2.85. The van der Waals surface area contributed by atoms with Crippen molar-refractivity contribution in [1.29, 1.82) is 0 Å². The van der Waals surface area contributed by atoms with E-state index in [4.69, 9.17) is 4.74 Å². The van der Waals surface area contributed by atoms with E-state index in [-0.39, 0.29) is 0 Å². The summed E-state index contributed by atoms with van der Waals surface area (Å²) in [6.07, 6.45) is 6.45. The molecule has 0 spiro atoms. The summed E-state index contributed by atoms with van der Waals surface area (Å²) in [6.45, 7) is 4.18. The van der Waals surface area contributed by atoms with Gasteiger partial charge in [-0.1, -0.05) is 37.3 Å². The van der Waals surface area contributed by atoms with Gasteiger partial charge in [0.05, 0.1) is 12.7 Å². The van der Waals surface area contributed by atoms with E-state index < -0.39 is 0 Å². The summed E-state index contributed by atoms with van der Waals surface area (Å²) in [5.74, 6) is 0. The molecule has 1 fully saturated rings. The van der Waals surface area contributed by atoms with E-state index in [0.717, 1.165) is 19.6 Å². The molecule has 0 aliphatic heterocycles. The van der Waals surface area contributed by atoms with Gasteiger partial charge in [-0.05, 0) is 44.2 Å². The summed E-state index contributed by atoms with van der Waals surface area (Å²) < 4.78 is 6.05. The summed E-state index contributed by atoms with van der Waals surface area (Å²) in [4.78, 5) is 0. The van der Waals surface area contributed by atoms with E-state index in [1.54, 1.807) is 0 Å². The topological polar surface area (TPSA) is 21.3 Å². The van der Waals surface area contributed by atoms with Crippen molar-refractivity contribution in [2.45, 2.75) is 51.2 Å². The van der Waals surface area contributed by atoms with Crippen LogP contribution < -0.4 is 5.32 Å². The Balaban J connectivity index is 1.69. The molecule has 18 heavy (non-hydrogen) atoms. The van der Waals surface area contributed by atoms with Crippen LogP contribution in [0.2, 0.25) is 0 Å². The first kappa shape index (κ1) is 13.6. The third-order valence-corrected chi connectivity index (χ3v) is 3.67.